The molecule has 0 radical (unpaired) electrons. The van der Waals surface area contributed by atoms with E-state index in [0.717, 1.165) is 89.9 Å². The zero-order chi connectivity index (χ0) is 42.1. The molecule has 0 aromatic rings. The van der Waals surface area contributed by atoms with Gasteiger partial charge >= 0.3 is 17.9 Å². The number of allylic oxidation sites excluding steroid dienone is 10. The normalized spacial score (nSPS) is 13.5. The van der Waals surface area contributed by atoms with Crippen molar-refractivity contribution < 1.29 is 38.2 Å². The van der Waals surface area contributed by atoms with Crippen LogP contribution in [0.1, 0.15) is 181 Å². The van der Waals surface area contributed by atoms with E-state index in [0.29, 0.717) is 19.3 Å². The Morgan fingerprint density at radius 3 is 1.39 bits per heavy atom. The zero-order valence-corrected chi connectivity index (χ0v) is 37.3. The van der Waals surface area contributed by atoms with Crippen molar-refractivity contribution >= 4 is 17.9 Å². The van der Waals surface area contributed by atoms with Crippen LogP contribution in [-0.4, -0.2) is 80.6 Å². The van der Waals surface area contributed by atoms with Gasteiger partial charge in [0.2, 0.25) is 0 Å². The average molecular weight is 801 g/mol. The highest BCUT2D eigenvalue weighted by Gasteiger charge is 2.31. The quantitative estimate of drug-likeness (QED) is 0.0285. The van der Waals surface area contributed by atoms with E-state index < -0.39 is 18.1 Å². The summed E-state index contributed by atoms with van der Waals surface area (Å²) in [7, 11) is 5.51. The van der Waals surface area contributed by atoms with Crippen molar-refractivity contribution in [1.82, 2.24) is 0 Å². The van der Waals surface area contributed by atoms with E-state index >= 15 is 0 Å². The molecule has 0 amide bonds. The predicted molar refractivity (Wildman–Crippen MR) is 238 cm³/mol. The van der Waals surface area contributed by atoms with Crippen LogP contribution in [0.15, 0.2) is 60.8 Å². The van der Waals surface area contributed by atoms with E-state index in [1.807, 2.05) is 21.1 Å². The third-order valence-corrected chi connectivity index (χ3v) is 9.89. The Bertz CT molecular complexity index is 1120. The third-order valence-electron chi connectivity index (χ3n) is 9.89. The molecule has 328 valence electrons. The molecule has 57 heavy (non-hydrogen) atoms. The number of likely N-dealkylation sites (N-methyl/N-ethyl adjacent to an activating group) is 1. The number of hydrogen-bond acceptors (Lipinski definition) is 6. The molecule has 8 nitrogen and oxygen atoms in total. The molecule has 8 heteroatoms. The van der Waals surface area contributed by atoms with Gasteiger partial charge in [-0.05, 0) is 83.5 Å². The Kier molecular flexibility index (Phi) is 37.8. The fourth-order valence-corrected chi connectivity index (χ4v) is 6.30. The number of unbranched alkanes of at least 4 members (excludes halogenated alkanes) is 16. The summed E-state index contributed by atoms with van der Waals surface area (Å²) in [5.41, 5.74) is 0. The number of carbonyl (C=O) groups excluding carboxylic acids is 2. The van der Waals surface area contributed by atoms with E-state index in [2.05, 4.69) is 74.6 Å². The monoisotopic (exact) mass is 801 g/mol. The number of carboxylic acid groups (broad SMARTS) is 1. The number of aliphatic carboxylic acids is 1. The van der Waals surface area contributed by atoms with Gasteiger partial charge in [0.1, 0.15) is 6.61 Å². The van der Waals surface area contributed by atoms with Crippen molar-refractivity contribution in [2.24, 2.45) is 0 Å². The first-order chi connectivity index (χ1) is 27.6. The molecule has 0 fully saturated rings. The SMILES string of the molecule is CCCCC/C=C/C/C=C/C/C=C/C/C=C/CCCCCCCC(=O)OCC(COCCC(C(=O)O)[N+](C)(C)C)OC(=O)CCCCCCC/C=C/CCCCC. The highest BCUT2D eigenvalue weighted by molar-refractivity contribution is 5.72. The van der Waals surface area contributed by atoms with Crippen LogP contribution >= 0.6 is 0 Å². The van der Waals surface area contributed by atoms with Gasteiger partial charge in [-0.2, -0.15) is 0 Å². The lowest BCUT2D eigenvalue weighted by molar-refractivity contribution is -0.887. The molecule has 0 aliphatic carbocycles. The van der Waals surface area contributed by atoms with Crippen molar-refractivity contribution in [3.63, 3.8) is 0 Å². The number of hydrogen-bond donors (Lipinski definition) is 1. The van der Waals surface area contributed by atoms with Gasteiger partial charge in [-0.25, -0.2) is 4.79 Å². The van der Waals surface area contributed by atoms with Gasteiger partial charge in [-0.15, -0.1) is 0 Å². The Balaban J connectivity index is 4.34. The van der Waals surface area contributed by atoms with Gasteiger partial charge in [-0.3, -0.25) is 9.59 Å². The Morgan fingerprint density at radius 1 is 0.526 bits per heavy atom. The minimum atomic E-state index is -0.881. The first-order valence-electron chi connectivity index (χ1n) is 22.8. The lowest BCUT2D eigenvalue weighted by Crippen LogP contribution is -2.50. The number of carboxylic acids is 1. The molecule has 2 unspecified atom stereocenters. The summed E-state index contributed by atoms with van der Waals surface area (Å²) in [6.45, 7) is 4.65. The van der Waals surface area contributed by atoms with Crippen molar-refractivity contribution in [2.75, 3.05) is 41.0 Å². The number of nitrogens with zero attached hydrogens (tertiary/aromatic N) is 1. The first-order valence-corrected chi connectivity index (χ1v) is 22.8. The summed E-state index contributed by atoms with van der Waals surface area (Å²) in [4.78, 5) is 37.0. The second-order valence-electron chi connectivity index (χ2n) is 16.3. The molecule has 0 aromatic heterocycles. The van der Waals surface area contributed by atoms with E-state index in [4.69, 9.17) is 14.2 Å². The van der Waals surface area contributed by atoms with Gasteiger partial charge < -0.3 is 23.8 Å². The highest BCUT2D eigenvalue weighted by Crippen LogP contribution is 2.13. The number of esters is 2. The number of carbonyl (C=O) groups is 3. The summed E-state index contributed by atoms with van der Waals surface area (Å²) in [6.07, 6.45) is 48.3. The van der Waals surface area contributed by atoms with Crippen molar-refractivity contribution in [3.8, 4) is 0 Å². The summed E-state index contributed by atoms with van der Waals surface area (Å²) in [6, 6.07) is -0.620. The fraction of sp³-hybridized carbons (Fsp3) is 0.735. The van der Waals surface area contributed by atoms with Crippen LogP contribution in [0, 0.1) is 0 Å². The van der Waals surface area contributed by atoms with Gasteiger partial charge in [0.15, 0.2) is 12.1 Å². The molecule has 2 atom stereocenters. The second-order valence-corrected chi connectivity index (χ2v) is 16.3. The Hall–Kier alpha value is -2.97. The fourth-order valence-electron chi connectivity index (χ4n) is 6.30. The van der Waals surface area contributed by atoms with Crippen LogP contribution in [0.3, 0.4) is 0 Å². The molecule has 0 aliphatic rings. The molecule has 0 rings (SSSR count). The third kappa shape index (κ3) is 38.3. The molecule has 0 heterocycles. The van der Waals surface area contributed by atoms with Crippen LogP contribution in [0.25, 0.3) is 0 Å². The molecule has 1 N–H and O–H groups in total. The largest absolute Gasteiger partial charge is 0.477 e. The zero-order valence-electron chi connectivity index (χ0n) is 37.3. The lowest BCUT2D eigenvalue weighted by Gasteiger charge is -2.31. The average Bonchev–Trinajstić information content (AvgIpc) is 3.17. The Morgan fingerprint density at radius 2 is 0.930 bits per heavy atom. The van der Waals surface area contributed by atoms with Crippen LogP contribution in [0.4, 0.5) is 0 Å². The minimum absolute atomic E-state index is 0.0495. The maximum absolute atomic E-state index is 12.7. The van der Waals surface area contributed by atoms with E-state index in [9.17, 15) is 19.5 Å². The van der Waals surface area contributed by atoms with Crippen LogP contribution in [0.5, 0.6) is 0 Å². The predicted octanol–water partition coefficient (Wildman–Crippen LogP) is 12.6. The van der Waals surface area contributed by atoms with Gasteiger partial charge in [0.05, 0.1) is 34.4 Å². The molecular weight excluding hydrogens is 715 g/mol. The number of quaternary nitrogens is 1. The number of ether oxygens (including phenoxy) is 3. The van der Waals surface area contributed by atoms with Gasteiger partial charge in [-0.1, -0.05) is 139 Å². The van der Waals surface area contributed by atoms with E-state index in [1.165, 1.54) is 57.8 Å². The van der Waals surface area contributed by atoms with Crippen molar-refractivity contribution in [1.29, 1.82) is 0 Å². The highest BCUT2D eigenvalue weighted by atomic mass is 16.6. The van der Waals surface area contributed by atoms with Crippen molar-refractivity contribution in [2.45, 2.75) is 193 Å². The standard InChI is InChI=1S/C49H85NO7/c1-6-8-10-12-14-16-18-20-21-22-23-24-25-26-27-28-30-31-33-35-37-39-47(51)56-44-45(43-55-42-41-46(49(53)54)50(3,4)5)57-48(52)40-38-36-34-32-29-19-17-15-13-11-9-7-2/h14-17,20-21,23-24,26-27,45-46H,6-13,18-19,22,25,28-44H2,1-5H3/p+1/b16-14+,17-15+,21-20+,24-23+,27-26+. The van der Waals surface area contributed by atoms with Gasteiger partial charge in [0.25, 0.3) is 0 Å². The molecule has 0 bridgehead atoms. The molecule has 0 aliphatic heterocycles. The van der Waals surface area contributed by atoms with Crippen LogP contribution in [0.2, 0.25) is 0 Å². The minimum Gasteiger partial charge on any atom is -0.477 e. The Labute approximate surface area is 349 Å². The van der Waals surface area contributed by atoms with Crippen LogP contribution < -0.4 is 0 Å². The smallest absolute Gasteiger partial charge is 0.362 e. The topological polar surface area (TPSA) is 99.1 Å². The summed E-state index contributed by atoms with van der Waals surface area (Å²) >= 11 is 0. The first kappa shape index (κ1) is 54.0. The summed E-state index contributed by atoms with van der Waals surface area (Å²) in [5, 5.41) is 9.62. The van der Waals surface area contributed by atoms with E-state index in [1.54, 1.807) is 0 Å². The lowest BCUT2D eigenvalue weighted by atomic mass is 10.1. The second kappa shape index (κ2) is 39.8. The molecular formula is C49H86NO7+. The molecule has 0 aromatic carbocycles. The van der Waals surface area contributed by atoms with Crippen molar-refractivity contribution in [3.05, 3.63) is 60.8 Å². The molecule has 0 saturated heterocycles. The summed E-state index contributed by atoms with van der Waals surface area (Å²) in [5.74, 6) is -1.51. The van der Waals surface area contributed by atoms with Gasteiger partial charge in [0, 0.05) is 19.3 Å². The molecule has 0 spiro atoms. The van der Waals surface area contributed by atoms with E-state index in [-0.39, 0.29) is 36.2 Å². The number of rotatable bonds is 40. The molecule has 0 saturated carbocycles. The maximum atomic E-state index is 12.7. The maximum Gasteiger partial charge on any atom is 0.362 e. The van der Waals surface area contributed by atoms with Crippen LogP contribution in [-0.2, 0) is 28.6 Å². The summed E-state index contributed by atoms with van der Waals surface area (Å²) < 4.78 is 17.2.